The summed E-state index contributed by atoms with van der Waals surface area (Å²) in [5.74, 6) is 0. The van der Waals surface area contributed by atoms with Gasteiger partial charge >= 0.3 is 0 Å². The fraction of sp³-hybridized carbons (Fsp3) is 0.143. The van der Waals surface area contributed by atoms with Crippen LogP contribution in [0.15, 0.2) is 102 Å². The van der Waals surface area contributed by atoms with Gasteiger partial charge in [-0.25, -0.2) is 0 Å². The maximum Gasteiger partial charge on any atom is 0.243 e. The second-order valence-corrected chi connectivity index (χ2v) is 14.8. The molecule has 0 aliphatic heterocycles. The molecule has 3 heteroatoms. The van der Waals surface area contributed by atoms with Gasteiger partial charge in [-0.15, -0.1) is 22.7 Å². The summed E-state index contributed by atoms with van der Waals surface area (Å²) in [6.07, 6.45) is 0. The van der Waals surface area contributed by atoms with Gasteiger partial charge in [0, 0.05) is 9.75 Å². The average molecular weight is 615 g/mol. The van der Waals surface area contributed by atoms with Crippen LogP contribution in [0.4, 0.5) is 0 Å². The molecule has 2 aromatic heterocycles. The topological polar surface area (TPSA) is 0 Å². The maximum absolute atomic E-state index is 2.54. The van der Waals surface area contributed by atoms with Crippen LogP contribution in [0.1, 0.15) is 33.4 Å². The van der Waals surface area contributed by atoms with Crippen molar-refractivity contribution in [3.05, 3.63) is 135 Å². The third kappa shape index (κ3) is 4.48. The van der Waals surface area contributed by atoms with Crippen molar-refractivity contribution in [2.24, 2.45) is 0 Å². The van der Waals surface area contributed by atoms with E-state index >= 15 is 0 Å². The van der Waals surface area contributed by atoms with Crippen molar-refractivity contribution in [1.29, 1.82) is 0 Å². The molecule has 0 saturated carbocycles. The molecule has 6 aromatic carbocycles. The first kappa shape index (κ1) is 28.3. The van der Waals surface area contributed by atoms with E-state index in [9.17, 15) is 0 Å². The van der Waals surface area contributed by atoms with E-state index in [1.807, 2.05) is 22.7 Å². The van der Waals surface area contributed by atoms with E-state index in [4.69, 9.17) is 0 Å². The molecule has 8 aromatic rings. The van der Waals surface area contributed by atoms with Crippen LogP contribution in [-0.4, -0.2) is 6.71 Å². The molecule has 0 unspecified atom stereocenters. The molecule has 0 aliphatic carbocycles. The van der Waals surface area contributed by atoms with Gasteiger partial charge in [0.25, 0.3) is 0 Å². The minimum Gasteiger partial charge on any atom is -0.144 e. The summed E-state index contributed by atoms with van der Waals surface area (Å²) < 4.78 is 0. The molecule has 8 rings (SSSR count). The molecule has 0 bridgehead atoms. The maximum atomic E-state index is 2.54. The molecular formula is C42H35BS2. The van der Waals surface area contributed by atoms with Gasteiger partial charge < -0.3 is 0 Å². The Kier molecular flexibility index (Phi) is 6.75. The number of benzene rings is 6. The molecule has 0 fully saturated rings. The minimum absolute atomic E-state index is 0.103. The number of aryl methyl sites for hydroxylation is 6. The zero-order valence-corrected chi connectivity index (χ0v) is 28.3. The summed E-state index contributed by atoms with van der Waals surface area (Å²) in [5, 5.41) is 12.5. The summed E-state index contributed by atoms with van der Waals surface area (Å²) in [7, 11) is 0. The fourth-order valence-corrected chi connectivity index (χ4v) is 9.72. The number of thiophene rings is 2. The van der Waals surface area contributed by atoms with Crippen LogP contribution < -0.4 is 16.4 Å². The predicted molar refractivity (Wildman–Crippen MR) is 203 cm³/mol. The van der Waals surface area contributed by atoms with Gasteiger partial charge in [-0.2, -0.15) is 0 Å². The molecule has 0 aliphatic rings. The Balaban J connectivity index is 1.57. The Morgan fingerprint density at radius 3 is 1.51 bits per heavy atom. The first-order valence-corrected chi connectivity index (χ1v) is 17.5. The Morgan fingerprint density at radius 2 is 0.956 bits per heavy atom. The lowest BCUT2D eigenvalue weighted by molar-refractivity contribution is 1.34. The monoisotopic (exact) mass is 614 g/mol. The molecule has 45 heavy (non-hydrogen) atoms. The van der Waals surface area contributed by atoms with Crippen LogP contribution in [0.5, 0.6) is 0 Å². The standard InChI is InChI=1S/C42H35BS2/c1-24-19-26(3)41(27(4)20-24)43(42-28(5)21-25(2)22-29(42)6)36-23-35(38-10-8-18-45-38)33-14-12-30-11-13-31(37-9-7-17-44-37)32-15-16-34(36)40(33)39(30)32/h7-23H,1-6H3. The van der Waals surface area contributed by atoms with E-state index < -0.39 is 0 Å². The highest BCUT2D eigenvalue weighted by molar-refractivity contribution is 7.14. The SMILES string of the molecule is Cc1cc(C)c(B(c2c(C)cc(C)cc2C)c2cc(-c3cccs3)c3ccc4ccc(-c5cccs5)c5ccc2c3c45)c(C)c1. The zero-order valence-electron chi connectivity index (χ0n) is 26.7. The lowest BCUT2D eigenvalue weighted by Gasteiger charge is -2.27. The molecule has 2 heterocycles. The van der Waals surface area contributed by atoms with Crippen LogP contribution in [-0.2, 0) is 0 Å². The van der Waals surface area contributed by atoms with E-state index in [-0.39, 0.29) is 6.71 Å². The molecule has 0 radical (unpaired) electrons. The summed E-state index contributed by atoms with van der Waals surface area (Å²) in [5.41, 5.74) is 15.0. The quantitative estimate of drug-likeness (QED) is 0.134. The van der Waals surface area contributed by atoms with Gasteiger partial charge in [-0.05, 0) is 108 Å². The predicted octanol–water partition coefficient (Wildman–Crippen LogP) is 10.4. The lowest BCUT2D eigenvalue weighted by atomic mass is 9.33. The van der Waals surface area contributed by atoms with Gasteiger partial charge in [0.05, 0.1) is 0 Å². The average Bonchev–Trinajstić information content (AvgIpc) is 3.73. The zero-order chi connectivity index (χ0) is 31.0. The van der Waals surface area contributed by atoms with Crippen molar-refractivity contribution in [3.8, 4) is 20.9 Å². The highest BCUT2D eigenvalue weighted by atomic mass is 32.1. The first-order valence-electron chi connectivity index (χ1n) is 15.8. The van der Waals surface area contributed by atoms with Gasteiger partial charge in [0.2, 0.25) is 6.71 Å². The van der Waals surface area contributed by atoms with Crippen LogP contribution in [0.3, 0.4) is 0 Å². The number of hydrogen-bond donors (Lipinski definition) is 0. The van der Waals surface area contributed by atoms with Gasteiger partial charge in [0.15, 0.2) is 0 Å². The van der Waals surface area contributed by atoms with Gasteiger partial charge in [-0.3, -0.25) is 0 Å². The van der Waals surface area contributed by atoms with E-state index in [1.165, 1.54) is 103 Å². The fourth-order valence-electron chi connectivity index (χ4n) is 8.19. The van der Waals surface area contributed by atoms with E-state index in [0.29, 0.717) is 0 Å². The van der Waals surface area contributed by atoms with Crippen LogP contribution in [0, 0.1) is 41.5 Å². The van der Waals surface area contributed by atoms with Crippen LogP contribution >= 0.6 is 22.7 Å². The summed E-state index contributed by atoms with van der Waals surface area (Å²) in [4.78, 5) is 2.64. The van der Waals surface area contributed by atoms with Crippen molar-refractivity contribution in [2.75, 3.05) is 0 Å². The lowest BCUT2D eigenvalue weighted by Crippen LogP contribution is -2.56. The van der Waals surface area contributed by atoms with E-state index in [1.54, 1.807) is 0 Å². The smallest absolute Gasteiger partial charge is 0.144 e. The Morgan fingerprint density at radius 1 is 0.467 bits per heavy atom. The second-order valence-electron chi connectivity index (χ2n) is 12.9. The summed E-state index contributed by atoms with van der Waals surface area (Å²) in [6, 6.07) is 35.1. The molecule has 0 saturated heterocycles. The van der Waals surface area contributed by atoms with E-state index in [2.05, 4.69) is 143 Å². The molecular weight excluding hydrogens is 579 g/mol. The highest BCUT2D eigenvalue weighted by Gasteiger charge is 2.31. The van der Waals surface area contributed by atoms with Crippen LogP contribution in [0.25, 0.3) is 53.2 Å². The van der Waals surface area contributed by atoms with Gasteiger partial charge in [0.1, 0.15) is 0 Å². The van der Waals surface area contributed by atoms with Crippen molar-refractivity contribution in [1.82, 2.24) is 0 Å². The minimum atomic E-state index is 0.103. The Labute approximate surface area is 274 Å². The Hall–Kier alpha value is -4.18. The molecule has 0 spiro atoms. The first-order chi connectivity index (χ1) is 21.8. The van der Waals surface area contributed by atoms with Crippen LogP contribution in [0.2, 0.25) is 0 Å². The molecule has 0 N–H and O–H groups in total. The second kappa shape index (κ2) is 10.7. The molecule has 0 nitrogen and oxygen atoms in total. The van der Waals surface area contributed by atoms with Crippen molar-refractivity contribution in [3.63, 3.8) is 0 Å². The van der Waals surface area contributed by atoms with Crippen molar-refractivity contribution in [2.45, 2.75) is 41.5 Å². The van der Waals surface area contributed by atoms with Crippen molar-refractivity contribution >= 4 is 78.1 Å². The third-order valence-corrected chi connectivity index (χ3v) is 11.6. The largest absolute Gasteiger partial charge is 0.243 e. The number of rotatable bonds is 5. The van der Waals surface area contributed by atoms with Gasteiger partial charge in [-0.1, -0.05) is 129 Å². The number of hydrogen-bond acceptors (Lipinski definition) is 2. The summed E-state index contributed by atoms with van der Waals surface area (Å²) >= 11 is 3.66. The van der Waals surface area contributed by atoms with Crippen molar-refractivity contribution < 1.29 is 0 Å². The highest BCUT2D eigenvalue weighted by Crippen LogP contribution is 2.43. The Bertz CT molecular complexity index is 2270. The molecule has 0 amide bonds. The third-order valence-electron chi connectivity index (χ3n) is 9.75. The molecule has 218 valence electrons. The normalized spacial score (nSPS) is 11.8. The molecule has 0 atom stereocenters. The van der Waals surface area contributed by atoms with E-state index in [0.717, 1.165) is 0 Å². The summed E-state index contributed by atoms with van der Waals surface area (Å²) in [6.45, 7) is 13.8.